The molecule has 35 heavy (non-hydrogen) atoms. The molecule has 0 atom stereocenters. The number of para-hydroxylation sites is 2. The molecule has 1 aromatic heterocycles. The third kappa shape index (κ3) is 4.04. The topological polar surface area (TPSA) is 56.5 Å². The molecule has 0 saturated carbocycles. The number of carbonyl (C=O) groups is 2. The molecule has 0 bridgehead atoms. The van der Waals surface area contributed by atoms with Crippen LogP contribution >= 0.6 is 0 Å². The molecule has 0 spiro atoms. The number of fused-ring (bicyclic) bond motifs is 2. The molecule has 0 fully saturated rings. The average molecular weight is 459 g/mol. The Morgan fingerprint density at radius 1 is 0.771 bits per heavy atom. The number of benzene rings is 4. The summed E-state index contributed by atoms with van der Waals surface area (Å²) in [5.74, 6) is 0.944. The van der Waals surface area contributed by atoms with Crippen LogP contribution in [0.2, 0.25) is 0 Å². The van der Waals surface area contributed by atoms with Crippen LogP contribution < -0.4 is 4.74 Å². The summed E-state index contributed by atoms with van der Waals surface area (Å²) in [5.41, 5.74) is 6.74. The highest BCUT2D eigenvalue weighted by molar-refractivity contribution is 6.01. The number of esters is 1. The van der Waals surface area contributed by atoms with Crippen LogP contribution in [0.15, 0.2) is 101 Å². The zero-order chi connectivity index (χ0) is 23.8. The van der Waals surface area contributed by atoms with E-state index in [9.17, 15) is 9.59 Å². The third-order valence-electron chi connectivity index (χ3n) is 6.48. The predicted molar refractivity (Wildman–Crippen MR) is 136 cm³/mol. The van der Waals surface area contributed by atoms with Gasteiger partial charge in [-0.2, -0.15) is 0 Å². The molecule has 0 aliphatic heterocycles. The summed E-state index contributed by atoms with van der Waals surface area (Å²) >= 11 is 0. The largest absolute Gasteiger partial charge is 0.460 e. The van der Waals surface area contributed by atoms with Crippen molar-refractivity contribution in [1.29, 1.82) is 0 Å². The molecule has 0 saturated heterocycles. The summed E-state index contributed by atoms with van der Waals surface area (Å²) in [7, 11) is 0. The highest BCUT2D eigenvalue weighted by Crippen LogP contribution is 2.37. The minimum Gasteiger partial charge on any atom is -0.460 e. The number of hydrogen-bond donors (Lipinski definition) is 0. The second-order valence-electron chi connectivity index (χ2n) is 8.73. The van der Waals surface area contributed by atoms with Crippen molar-refractivity contribution in [1.82, 2.24) is 0 Å². The number of rotatable bonds is 5. The summed E-state index contributed by atoms with van der Waals surface area (Å²) in [6.07, 6.45) is 1.43. The first-order valence-electron chi connectivity index (χ1n) is 11.7. The maximum absolute atomic E-state index is 12.7. The minimum atomic E-state index is -0.374. The summed E-state index contributed by atoms with van der Waals surface area (Å²) in [6, 6.07) is 31.2. The fourth-order valence-electron chi connectivity index (χ4n) is 4.79. The SMILES string of the molecule is O=C(Cc1oc2ccccc2c1-c1ccc(-c2ccc3c(c2)CCC3=O)cc1)Oc1ccccc1. The Morgan fingerprint density at radius 2 is 1.49 bits per heavy atom. The first-order chi connectivity index (χ1) is 17.2. The molecule has 0 N–H and O–H groups in total. The molecule has 0 amide bonds. The lowest BCUT2D eigenvalue weighted by Crippen LogP contribution is -2.11. The van der Waals surface area contributed by atoms with Gasteiger partial charge in [0.2, 0.25) is 0 Å². The van der Waals surface area contributed by atoms with Crippen molar-refractivity contribution in [2.24, 2.45) is 0 Å². The maximum Gasteiger partial charge on any atom is 0.318 e. The lowest BCUT2D eigenvalue weighted by Gasteiger charge is -2.08. The van der Waals surface area contributed by atoms with Crippen LogP contribution in [-0.2, 0) is 17.6 Å². The van der Waals surface area contributed by atoms with Gasteiger partial charge in [0.05, 0.1) is 0 Å². The number of Topliss-reactive ketones (excluding diaryl/α,β-unsaturated/α-hetero) is 1. The van der Waals surface area contributed by atoms with Crippen LogP contribution in [0.25, 0.3) is 33.2 Å². The highest BCUT2D eigenvalue weighted by atomic mass is 16.5. The average Bonchev–Trinajstić information content (AvgIpc) is 3.44. The van der Waals surface area contributed by atoms with Gasteiger partial charge in [-0.15, -0.1) is 0 Å². The maximum atomic E-state index is 12.7. The zero-order valence-electron chi connectivity index (χ0n) is 19.0. The summed E-state index contributed by atoms with van der Waals surface area (Å²) < 4.78 is 11.6. The van der Waals surface area contributed by atoms with E-state index in [0.29, 0.717) is 17.9 Å². The van der Waals surface area contributed by atoms with Gasteiger partial charge >= 0.3 is 5.97 Å². The van der Waals surface area contributed by atoms with Crippen LogP contribution in [0.1, 0.15) is 28.1 Å². The monoisotopic (exact) mass is 458 g/mol. The number of aryl methyl sites for hydroxylation is 1. The molecule has 4 nitrogen and oxygen atoms in total. The summed E-state index contributed by atoms with van der Waals surface area (Å²) in [4.78, 5) is 24.7. The lowest BCUT2D eigenvalue weighted by atomic mass is 9.96. The summed E-state index contributed by atoms with van der Waals surface area (Å²) in [5, 5.41) is 0.957. The van der Waals surface area contributed by atoms with Crippen molar-refractivity contribution in [2.45, 2.75) is 19.3 Å². The third-order valence-corrected chi connectivity index (χ3v) is 6.48. The number of furan rings is 1. The molecule has 0 unspecified atom stereocenters. The molecular formula is C31H22O4. The zero-order valence-corrected chi connectivity index (χ0v) is 19.0. The van der Waals surface area contributed by atoms with E-state index in [1.807, 2.05) is 54.6 Å². The van der Waals surface area contributed by atoms with Gasteiger partial charge in [-0.05, 0) is 46.9 Å². The Hall–Kier alpha value is -4.44. The highest BCUT2D eigenvalue weighted by Gasteiger charge is 2.21. The van der Waals surface area contributed by atoms with Crippen molar-refractivity contribution in [2.75, 3.05) is 0 Å². The van der Waals surface area contributed by atoms with Crippen LogP contribution in [0, 0.1) is 0 Å². The fraction of sp³-hybridized carbons (Fsp3) is 0.0968. The first-order valence-corrected chi connectivity index (χ1v) is 11.7. The molecule has 1 aliphatic rings. The number of carbonyl (C=O) groups excluding carboxylic acids is 2. The molecule has 4 heteroatoms. The quantitative estimate of drug-likeness (QED) is 0.209. The van der Waals surface area contributed by atoms with Gasteiger partial charge in [0, 0.05) is 22.9 Å². The fourth-order valence-corrected chi connectivity index (χ4v) is 4.79. The second-order valence-corrected chi connectivity index (χ2v) is 8.73. The van der Waals surface area contributed by atoms with Gasteiger partial charge in [0.1, 0.15) is 23.5 Å². The minimum absolute atomic E-state index is 0.0273. The van der Waals surface area contributed by atoms with Gasteiger partial charge in [-0.3, -0.25) is 9.59 Å². The van der Waals surface area contributed by atoms with Gasteiger partial charge in [0.15, 0.2) is 5.78 Å². The number of ketones is 1. The standard InChI is InChI=1S/C31H22O4/c32-27-17-15-23-18-22(14-16-25(23)27)20-10-12-21(13-11-20)31-26-8-4-5-9-28(26)35-29(31)19-30(33)34-24-6-2-1-3-7-24/h1-14,16,18H,15,17,19H2. The van der Waals surface area contributed by atoms with E-state index in [1.54, 1.807) is 12.1 Å². The molecule has 5 aromatic rings. The lowest BCUT2D eigenvalue weighted by molar-refractivity contribution is -0.133. The van der Waals surface area contributed by atoms with Gasteiger partial charge in [0.25, 0.3) is 0 Å². The van der Waals surface area contributed by atoms with Crippen molar-refractivity contribution >= 4 is 22.7 Å². The second kappa shape index (κ2) is 8.73. The number of hydrogen-bond acceptors (Lipinski definition) is 4. The predicted octanol–water partition coefficient (Wildman–Crippen LogP) is 7.04. The van der Waals surface area contributed by atoms with Crippen molar-refractivity contribution < 1.29 is 18.7 Å². The molecule has 1 heterocycles. The van der Waals surface area contributed by atoms with Crippen molar-refractivity contribution in [3.63, 3.8) is 0 Å². The van der Waals surface area contributed by atoms with Crippen molar-refractivity contribution in [3.8, 4) is 28.0 Å². The van der Waals surface area contributed by atoms with E-state index >= 15 is 0 Å². The molecule has 0 radical (unpaired) electrons. The van der Waals surface area contributed by atoms with E-state index in [1.165, 1.54) is 0 Å². The van der Waals surface area contributed by atoms with E-state index < -0.39 is 0 Å². The van der Waals surface area contributed by atoms with E-state index in [4.69, 9.17) is 9.15 Å². The van der Waals surface area contributed by atoms with Gasteiger partial charge < -0.3 is 9.15 Å². The smallest absolute Gasteiger partial charge is 0.318 e. The molecule has 4 aromatic carbocycles. The van der Waals surface area contributed by atoms with Gasteiger partial charge in [-0.1, -0.05) is 78.9 Å². The van der Waals surface area contributed by atoms with E-state index in [0.717, 1.165) is 50.8 Å². The molecular weight excluding hydrogens is 436 g/mol. The van der Waals surface area contributed by atoms with Crippen LogP contribution in [0.4, 0.5) is 0 Å². The number of ether oxygens (including phenoxy) is 1. The van der Waals surface area contributed by atoms with E-state index in [-0.39, 0.29) is 18.2 Å². The Morgan fingerprint density at radius 3 is 2.31 bits per heavy atom. The van der Waals surface area contributed by atoms with Crippen LogP contribution in [-0.4, -0.2) is 11.8 Å². The van der Waals surface area contributed by atoms with Gasteiger partial charge in [-0.25, -0.2) is 0 Å². The Bertz CT molecular complexity index is 1560. The van der Waals surface area contributed by atoms with Crippen LogP contribution in [0.5, 0.6) is 5.75 Å². The molecule has 6 rings (SSSR count). The normalized spacial score (nSPS) is 12.6. The Balaban J connectivity index is 1.33. The molecule has 170 valence electrons. The van der Waals surface area contributed by atoms with E-state index in [2.05, 4.69) is 30.3 Å². The first kappa shape index (κ1) is 21.1. The van der Waals surface area contributed by atoms with Crippen LogP contribution in [0.3, 0.4) is 0 Å². The molecule has 1 aliphatic carbocycles. The van der Waals surface area contributed by atoms with Crippen molar-refractivity contribution in [3.05, 3.63) is 114 Å². The Kier molecular flexibility index (Phi) is 5.27. The Labute approximate surface area is 202 Å². The summed E-state index contributed by atoms with van der Waals surface area (Å²) in [6.45, 7) is 0.